The van der Waals surface area contributed by atoms with Gasteiger partial charge in [-0.2, -0.15) is 0 Å². The summed E-state index contributed by atoms with van der Waals surface area (Å²) in [6.45, 7) is 17.6. The molecule has 3 heterocycles. The van der Waals surface area contributed by atoms with Crippen molar-refractivity contribution >= 4 is 65.0 Å². The van der Waals surface area contributed by atoms with E-state index in [-0.39, 0.29) is 97.9 Å². The van der Waals surface area contributed by atoms with Crippen LogP contribution in [0.4, 0.5) is 0 Å². The molecule has 0 spiro atoms. The molecule has 1 aliphatic carbocycles. The number of likely N-dealkylation sites (tertiary alicyclic amines) is 1. The number of carbonyl (C=O) groups is 11. The molecule has 3 fully saturated rings. The number of nitrogens with zero attached hydrogens (tertiary/aromatic N) is 5. The topological polar surface area (TPSA) is 301 Å². The van der Waals surface area contributed by atoms with Crippen molar-refractivity contribution in [3.8, 4) is 0 Å². The molecule has 2 saturated heterocycles. The fraction of sp³-hybridized carbons (Fsp3) is 0.703. The Balaban J connectivity index is 1.15. The Hall–Kier alpha value is -6.83. The minimum Gasteiger partial charge on any atom is -0.460 e. The summed E-state index contributed by atoms with van der Waals surface area (Å²) in [5.41, 5.74) is 4.32. The van der Waals surface area contributed by atoms with E-state index in [2.05, 4.69) is 26.8 Å². The molecule has 5 rings (SSSR count). The number of hydrogen-bond donors (Lipinski definition) is 5. The van der Waals surface area contributed by atoms with Crippen LogP contribution < -0.4 is 26.8 Å². The first-order chi connectivity index (χ1) is 42.2. The maximum absolute atomic E-state index is 14.8. The highest BCUT2D eigenvalue weighted by atomic mass is 16.7. The number of hydrazine groups is 1. The number of imide groups is 1. The molecule has 1 aromatic rings. The van der Waals surface area contributed by atoms with Crippen LogP contribution >= 0.6 is 0 Å². The second-order valence-electron chi connectivity index (χ2n) is 25.1. The Morgan fingerprint density at radius 3 is 2.04 bits per heavy atom. The van der Waals surface area contributed by atoms with Gasteiger partial charge in [-0.25, -0.2) is 5.06 Å². The van der Waals surface area contributed by atoms with Crippen LogP contribution in [0.5, 0.6) is 0 Å². The molecule has 496 valence electrons. The molecule has 12 atom stereocenters. The van der Waals surface area contributed by atoms with Crippen molar-refractivity contribution in [1.29, 1.82) is 0 Å². The molecule has 0 radical (unpaired) electrons. The summed E-state index contributed by atoms with van der Waals surface area (Å²) in [4.78, 5) is 159. The largest absolute Gasteiger partial charge is 0.460 e. The highest BCUT2D eigenvalue weighted by molar-refractivity contribution is 6.12. The first-order valence-corrected chi connectivity index (χ1v) is 31.8. The first-order valence-electron chi connectivity index (χ1n) is 31.8. The lowest BCUT2D eigenvalue weighted by Gasteiger charge is -2.41. The number of ether oxygens (including phenoxy) is 3. The molecule has 1 aromatic carbocycles. The van der Waals surface area contributed by atoms with E-state index in [1.54, 1.807) is 35.7 Å². The van der Waals surface area contributed by atoms with Gasteiger partial charge in [0.05, 0.1) is 49.3 Å². The molecule has 25 nitrogen and oxygen atoms in total. The van der Waals surface area contributed by atoms with Crippen molar-refractivity contribution < 1.29 is 71.8 Å². The number of hydrogen-bond acceptors (Lipinski definition) is 16. The predicted molar refractivity (Wildman–Crippen MR) is 329 cm³/mol. The summed E-state index contributed by atoms with van der Waals surface area (Å²) >= 11 is 0. The zero-order valence-electron chi connectivity index (χ0n) is 54.6. The van der Waals surface area contributed by atoms with E-state index in [0.29, 0.717) is 64.6 Å². The van der Waals surface area contributed by atoms with E-state index >= 15 is 0 Å². The van der Waals surface area contributed by atoms with Crippen molar-refractivity contribution in [2.24, 2.45) is 23.7 Å². The standard InChI is InChI=1S/C64H100N10O15/c1-14-41(6)57(48(86-12)37-52(79)72-34-23-27-47(72)58(87-13)42(7)59(81)67-64(63(85)74-35-21-22-36-88-74)38-46(64)45-25-17-15-18-26-45)71(11)62(84)54(39(2)3)66-61(83)56(40(4)5)70(10)32-24-29-53(80)89-43(8)55(65-44(9)75)60(82)69-68-49(76)28-19-16-20-33-73-50(77)30-31-51(73)78/h15,17-18,25-26,30-31,39-43,46-48,54-58H,14,16,19-24,27-29,32-38H2,1-13H3,(H,65,75)(H,66,83)(H,67,81)(H,68,76)(H,69,82)/t41-,42+,43+,46-,47-,48+,54-,55-,56-,57-,58+,64-/m0/s1. The number of hydroxylamine groups is 2. The number of unbranched alkanes of at least 4 members (excludes halogenated alkanes) is 2. The third-order valence-corrected chi connectivity index (χ3v) is 17.8. The Kier molecular flexibility index (Phi) is 28.2. The van der Waals surface area contributed by atoms with Crippen LogP contribution in [0.25, 0.3) is 0 Å². The van der Waals surface area contributed by atoms with Crippen molar-refractivity contribution in [3.63, 3.8) is 0 Å². The van der Waals surface area contributed by atoms with Crippen LogP contribution in [0, 0.1) is 23.7 Å². The van der Waals surface area contributed by atoms with Gasteiger partial charge in [0, 0.05) is 78.7 Å². The molecule has 0 aromatic heterocycles. The van der Waals surface area contributed by atoms with Gasteiger partial charge in [-0.05, 0) is 95.2 Å². The number of esters is 1. The third kappa shape index (κ3) is 19.6. The monoisotopic (exact) mass is 1250 g/mol. The van der Waals surface area contributed by atoms with Gasteiger partial charge in [0.2, 0.25) is 35.4 Å². The van der Waals surface area contributed by atoms with E-state index in [0.717, 1.165) is 23.3 Å². The van der Waals surface area contributed by atoms with Gasteiger partial charge < -0.3 is 40.0 Å². The lowest BCUT2D eigenvalue weighted by Crippen LogP contribution is -2.60. The van der Waals surface area contributed by atoms with Crippen LogP contribution in [0.15, 0.2) is 42.5 Å². The number of benzene rings is 1. The van der Waals surface area contributed by atoms with Crippen molar-refractivity contribution in [3.05, 3.63) is 48.0 Å². The molecule has 10 amide bonds. The minimum atomic E-state index is -1.36. The van der Waals surface area contributed by atoms with Gasteiger partial charge in [0.15, 0.2) is 0 Å². The zero-order chi connectivity index (χ0) is 65.9. The second kappa shape index (κ2) is 34.4. The van der Waals surface area contributed by atoms with E-state index in [4.69, 9.17) is 19.0 Å². The number of methoxy groups -OCH3 is 2. The summed E-state index contributed by atoms with van der Waals surface area (Å²) in [5, 5.41) is 10.0. The lowest BCUT2D eigenvalue weighted by atomic mass is 9.89. The van der Waals surface area contributed by atoms with E-state index in [1.807, 2.05) is 71.9 Å². The molecule has 1 saturated carbocycles. The summed E-state index contributed by atoms with van der Waals surface area (Å²) in [5.74, 6) is -6.78. The van der Waals surface area contributed by atoms with E-state index in [9.17, 15) is 52.7 Å². The maximum Gasteiger partial charge on any atom is 0.306 e. The summed E-state index contributed by atoms with van der Waals surface area (Å²) in [6.07, 6.45) is 5.22. The zero-order valence-corrected chi connectivity index (χ0v) is 54.6. The van der Waals surface area contributed by atoms with Crippen molar-refractivity contribution in [2.75, 3.05) is 61.1 Å². The van der Waals surface area contributed by atoms with Gasteiger partial charge in [0.25, 0.3) is 23.6 Å². The first kappa shape index (κ1) is 72.9. The SMILES string of the molecule is CC[C@H](C)[C@@H]([C@@H](CC(=O)N1CCC[C@H]1[C@H](OC)[C@@H](C)C(=O)N[C@@]1(C(=O)N2CCCCO2)C[C@H]1c1ccccc1)OC)N(C)C(=O)[C@@H](NC(=O)[C@H](C(C)C)N(C)CCCC(=O)O[C@H](C)[C@H](NC(C)=O)C(=O)NNC(=O)CCCCCN1C(=O)C=CC1=O)C(C)C. The van der Waals surface area contributed by atoms with Crippen molar-refractivity contribution in [1.82, 2.24) is 51.5 Å². The smallest absolute Gasteiger partial charge is 0.306 e. The lowest BCUT2D eigenvalue weighted by molar-refractivity contribution is -0.200. The minimum absolute atomic E-state index is 0.0292. The molecule has 89 heavy (non-hydrogen) atoms. The van der Waals surface area contributed by atoms with Crippen LogP contribution in [0.2, 0.25) is 0 Å². The molecular weight excluding hydrogens is 1150 g/mol. The van der Waals surface area contributed by atoms with Gasteiger partial charge in [-0.3, -0.25) is 78.2 Å². The van der Waals surface area contributed by atoms with Gasteiger partial charge in [-0.15, -0.1) is 0 Å². The highest BCUT2D eigenvalue weighted by Gasteiger charge is 2.64. The number of nitrogens with one attached hydrogen (secondary N) is 5. The Labute approximate surface area is 525 Å². The Morgan fingerprint density at radius 2 is 1.45 bits per heavy atom. The number of likely N-dealkylation sites (N-methyl/N-ethyl adjacent to an activating group) is 2. The van der Waals surface area contributed by atoms with Crippen molar-refractivity contribution in [2.45, 2.75) is 206 Å². The third-order valence-electron chi connectivity index (χ3n) is 17.8. The molecule has 0 unspecified atom stereocenters. The summed E-state index contributed by atoms with van der Waals surface area (Å²) < 4.78 is 17.8. The van der Waals surface area contributed by atoms with E-state index < -0.39 is 89.6 Å². The van der Waals surface area contributed by atoms with Gasteiger partial charge in [-0.1, -0.05) is 91.6 Å². The summed E-state index contributed by atoms with van der Waals surface area (Å²) in [7, 11) is 6.45. The molecule has 0 bridgehead atoms. The van der Waals surface area contributed by atoms with E-state index in [1.165, 1.54) is 45.3 Å². The van der Waals surface area contributed by atoms with Crippen LogP contribution in [-0.4, -0.2) is 205 Å². The maximum atomic E-state index is 14.8. The summed E-state index contributed by atoms with van der Waals surface area (Å²) in [6, 6.07) is 5.49. The van der Waals surface area contributed by atoms with Crippen LogP contribution in [-0.2, 0) is 71.8 Å². The van der Waals surface area contributed by atoms with Gasteiger partial charge in [0.1, 0.15) is 23.7 Å². The second-order valence-corrected chi connectivity index (χ2v) is 25.1. The van der Waals surface area contributed by atoms with Crippen LogP contribution in [0.3, 0.4) is 0 Å². The molecule has 4 aliphatic rings. The average Bonchev–Trinajstić information content (AvgIpc) is 1.62. The normalized spacial score (nSPS) is 21.3. The average molecular weight is 1250 g/mol. The van der Waals surface area contributed by atoms with Crippen LogP contribution in [0.1, 0.15) is 157 Å². The fourth-order valence-electron chi connectivity index (χ4n) is 12.6. The highest BCUT2D eigenvalue weighted by Crippen LogP contribution is 2.53. The molecular formula is C64H100N10O15. The molecule has 3 aliphatic heterocycles. The predicted octanol–water partition coefficient (Wildman–Crippen LogP) is 3.45. The molecule has 5 N–H and O–H groups in total. The van der Waals surface area contributed by atoms with Gasteiger partial charge >= 0.3 is 5.97 Å². The Morgan fingerprint density at radius 1 is 0.764 bits per heavy atom. The number of amides is 10. The molecule has 25 heteroatoms. The quantitative estimate of drug-likeness (QED) is 0.0286. The Bertz CT molecular complexity index is 2630. The fourth-order valence-corrected chi connectivity index (χ4v) is 12.6. The number of carbonyl (C=O) groups excluding carboxylic acids is 11. The number of rotatable bonds is 34.